The standard InChI is InChI=1S/C5H2F3N3O/c6-1-2(7)10-5(4(9)12)11-3(1)8/h(H2,9,12). The fourth-order valence-electron chi connectivity index (χ4n) is 0.504. The summed E-state index contributed by atoms with van der Waals surface area (Å²) in [4.78, 5) is 15.6. The lowest BCUT2D eigenvalue weighted by Gasteiger charge is -1.95. The molecule has 12 heavy (non-hydrogen) atoms. The Hall–Kier alpha value is -1.66. The van der Waals surface area contributed by atoms with Crippen LogP contribution < -0.4 is 5.73 Å². The molecular formula is C5H2F3N3O. The molecule has 0 radical (unpaired) electrons. The third-order valence-electron chi connectivity index (χ3n) is 0.991. The van der Waals surface area contributed by atoms with E-state index in [2.05, 4.69) is 15.7 Å². The molecule has 0 atom stereocenters. The van der Waals surface area contributed by atoms with Crippen molar-refractivity contribution in [1.82, 2.24) is 9.97 Å². The SMILES string of the molecule is NC(=O)c1nc(F)c(F)c(F)n1. The normalized spacial score (nSPS) is 9.92. The van der Waals surface area contributed by atoms with Crippen molar-refractivity contribution < 1.29 is 18.0 Å². The van der Waals surface area contributed by atoms with Crippen LogP contribution in [-0.4, -0.2) is 15.9 Å². The summed E-state index contributed by atoms with van der Waals surface area (Å²) in [5.41, 5.74) is 4.58. The van der Waals surface area contributed by atoms with Gasteiger partial charge in [0.2, 0.25) is 11.6 Å². The monoisotopic (exact) mass is 177 g/mol. The summed E-state index contributed by atoms with van der Waals surface area (Å²) < 4.78 is 36.6. The van der Waals surface area contributed by atoms with Gasteiger partial charge < -0.3 is 5.73 Å². The van der Waals surface area contributed by atoms with Crippen molar-refractivity contribution in [3.63, 3.8) is 0 Å². The van der Waals surface area contributed by atoms with E-state index >= 15 is 0 Å². The molecule has 0 aromatic carbocycles. The van der Waals surface area contributed by atoms with Crippen LogP contribution in [-0.2, 0) is 0 Å². The maximum Gasteiger partial charge on any atom is 0.286 e. The van der Waals surface area contributed by atoms with Gasteiger partial charge in [0.25, 0.3) is 17.8 Å². The maximum atomic E-state index is 12.2. The van der Waals surface area contributed by atoms with Gasteiger partial charge in [0.1, 0.15) is 0 Å². The lowest BCUT2D eigenvalue weighted by molar-refractivity contribution is 0.0986. The van der Waals surface area contributed by atoms with Crippen LogP contribution in [0.1, 0.15) is 10.6 Å². The van der Waals surface area contributed by atoms with E-state index in [0.29, 0.717) is 0 Å². The number of aromatic nitrogens is 2. The van der Waals surface area contributed by atoms with Gasteiger partial charge in [0, 0.05) is 0 Å². The van der Waals surface area contributed by atoms with E-state index in [4.69, 9.17) is 0 Å². The Morgan fingerprint density at radius 3 is 1.92 bits per heavy atom. The first kappa shape index (κ1) is 8.44. The van der Waals surface area contributed by atoms with Crippen LogP contribution in [0.15, 0.2) is 0 Å². The lowest BCUT2D eigenvalue weighted by atomic mass is 10.5. The average Bonchev–Trinajstić information content (AvgIpc) is 1.99. The Kier molecular flexibility index (Phi) is 1.94. The third-order valence-corrected chi connectivity index (χ3v) is 0.991. The van der Waals surface area contributed by atoms with Gasteiger partial charge in [-0.2, -0.15) is 23.1 Å². The molecule has 0 saturated carbocycles. The topological polar surface area (TPSA) is 68.9 Å². The molecule has 64 valence electrons. The number of nitrogens with zero attached hydrogens (tertiary/aromatic N) is 2. The second-order valence-corrected chi connectivity index (χ2v) is 1.81. The molecule has 0 saturated heterocycles. The fraction of sp³-hybridized carbons (Fsp3) is 0. The Labute approximate surface area is 64.2 Å². The largest absolute Gasteiger partial charge is 0.363 e. The number of rotatable bonds is 1. The molecule has 4 nitrogen and oxygen atoms in total. The Morgan fingerprint density at radius 2 is 1.58 bits per heavy atom. The number of halogens is 3. The number of carbonyl (C=O) groups is 1. The second-order valence-electron chi connectivity index (χ2n) is 1.81. The number of hydrogen-bond donors (Lipinski definition) is 1. The molecule has 1 aromatic rings. The van der Waals surface area contributed by atoms with Crippen molar-refractivity contribution >= 4 is 5.91 Å². The van der Waals surface area contributed by atoms with Crippen molar-refractivity contribution in [3.8, 4) is 0 Å². The van der Waals surface area contributed by atoms with E-state index in [0.717, 1.165) is 0 Å². The number of amides is 1. The van der Waals surface area contributed by atoms with Crippen LogP contribution in [0.2, 0.25) is 0 Å². The van der Waals surface area contributed by atoms with Gasteiger partial charge in [-0.3, -0.25) is 4.79 Å². The summed E-state index contributed by atoms with van der Waals surface area (Å²) in [6, 6.07) is 0. The van der Waals surface area contributed by atoms with Crippen LogP contribution >= 0.6 is 0 Å². The van der Waals surface area contributed by atoms with E-state index in [-0.39, 0.29) is 0 Å². The highest BCUT2D eigenvalue weighted by Crippen LogP contribution is 2.05. The van der Waals surface area contributed by atoms with Gasteiger partial charge in [-0.1, -0.05) is 0 Å². The first-order valence-electron chi connectivity index (χ1n) is 2.70. The third kappa shape index (κ3) is 1.34. The highest BCUT2D eigenvalue weighted by atomic mass is 19.2. The predicted octanol–water partition coefficient (Wildman–Crippen LogP) is -0.00720. The molecule has 0 bridgehead atoms. The van der Waals surface area contributed by atoms with Crippen molar-refractivity contribution in [2.75, 3.05) is 0 Å². The van der Waals surface area contributed by atoms with Gasteiger partial charge in [-0.05, 0) is 0 Å². The number of carbonyl (C=O) groups excluding carboxylic acids is 1. The first-order chi connectivity index (χ1) is 5.52. The summed E-state index contributed by atoms with van der Waals surface area (Å²) >= 11 is 0. The van der Waals surface area contributed by atoms with E-state index in [1.54, 1.807) is 0 Å². The second kappa shape index (κ2) is 2.76. The molecule has 0 aliphatic carbocycles. The Bertz CT molecular complexity index is 318. The smallest absolute Gasteiger partial charge is 0.286 e. The van der Waals surface area contributed by atoms with Crippen molar-refractivity contribution in [2.45, 2.75) is 0 Å². The summed E-state index contributed by atoms with van der Waals surface area (Å²) in [6.45, 7) is 0. The highest BCUT2D eigenvalue weighted by Gasteiger charge is 2.16. The molecule has 0 unspecified atom stereocenters. The average molecular weight is 177 g/mol. The van der Waals surface area contributed by atoms with Crippen LogP contribution in [0.5, 0.6) is 0 Å². The van der Waals surface area contributed by atoms with Gasteiger partial charge in [-0.15, -0.1) is 0 Å². The zero-order valence-corrected chi connectivity index (χ0v) is 5.51. The summed E-state index contributed by atoms with van der Waals surface area (Å²) in [5, 5.41) is 0. The van der Waals surface area contributed by atoms with E-state index in [1.165, 1.54) is 0 Å². The molecule has 1 amide bonds. The zero-order chi connectivity index (χ0) is 9.30. The van der Waals surface area contributed by atoms with Crippen molar-refractivity contribution in [1.29, 1.82) is 0 Å². The van der Waals surface area contributed by atoms with Gasteiger partial charge in [0.05, 0.1) is 0 Å². The van der Waals surface area contributed by atoms with Crippen molar-refractivity contribution in [3.05, 3.63) is 23.5 Å². The maximum absolute atomic E-state index is 12.2. The molecule has 0 spiro atoms. The first-order valence-corrected chi connectivity index (χ1v) is 2.70. The van der Waals surface area contributed by atoms with Crippen LogP contribution in [0, 0.1) is 17.7 Å². The minimum atomic E-state index is -1.83. The fourth-order valence-corrected chi connectivity index (χ4v) is 0.504. The van der Waals surface area contributed by atoms with E-state index in [1.807, 2.05) is 0 Å². The van der Waals surface area contributed by atoms with E-state index in [9.17, 15) is 18.0 Å². The number of hydrogen-bond acceptors (Lipinski definition) is 3. The minimum absolute atomic E-state index is 0.897. The Balaban J connectivity index is 3.31. The van der Waals surface area contributed by atoms with Gasteiger partial charge in [0.15, 0.2) is 0 Å². The lowest BCUT2D eigenvalue weighted by Crippen LogP contribution is -2.18. The highest BCUT2D eigenvalue weighted by molar-refractivity contribution is 5.88. The molecule has 1 aromatic heterocycles. The molecule has 7 heteroatoms. The molecule has 1 heterocycles. The predicted molar refractivity (Wildman–Crippen MR) is 30.4 cm³/mol. The molecule has 2 N–H and O–H groups in total. The molecule has 0 aliphatic rings. The van der Waals surface area contributed by atoms with Crippen LogP contribution in [0.4, 0.5) is 13.2 Å². The minimum Gasteiger partial charge on any atom is -0.363 e. The summed E-state index contributed by atoms with van der Waals surface area (Å²) in [6.07, 6.45) is 0. The summed E-state index contributed by atoms with van der Waals surface area (Å²) in [5.74, 6) is -7.44. The number of primary amides is 1. The number of nitrogens with two attached hydrogens (primary N) is 1. The quantitative estimate of drug-likeness (QED) is 0.613. The molecule has 1 rings (SSSR count). The molecular weight excluding hydrogens is 175 g/mol. The molecule has 0 aliphatic heterocycles. The summed E-state index contributed by atoms with van der Waals surface area (Å²) in [7, 11) is 0. The van der Waals surface area contributed by atoms with Crippen molar-refractivity contribution in [2.24, 2.45) is 5.73 Å². The van der Waals surface area contributed by atoms with Gasteiger partial charge >= 0.3 is 0 Å². The Morgan fingerprint density at radius 1 is 1.17 bits per heavy atom. The van der Waals surface area contributed by atoms with E-state index < -0.39 is 29.4 Å². The van der Waals surface area contributed by atoms with Crippen LogP contribution in [0.25, 0.3) is 0 Å². The zero-order valence-electron chi connectivity index (χ0n) is 5.51. The van der Waals surface area contributed by atoms with Crippen LogP contribution in [0.3, 0.4) is 0 Å². The molecule has 0 fully saturated rings. The van der Waals surface area contributed by atoms with Gasteiger partial charge in [-0.25, -0.2) is 0 Å².